The van der Waals surface area contributed by atoms with Gasteiger partial charge in [-0.2, -0.15) is 0 Å². The van der Waals surface area contributed by atoms with Crippen LogP contribution in [-0.2, 0) is 4.74 Å². The molecule has 0 bridgehead atoms. The first-order valence-electron chi connectivity index (χ1n) is 4.21. The van der Waals surface area contributed by atoms with Crippen molar-refractivity contribution in [3.63, 3.8) is 0 Å². The van der Waals surface area contributed by atoms with Gasteiger partial charge in [0.05, 0.1) is 31.1 Å². The van der Waals surface area contributed by atoms with Gasteiger partial charge in [0.25, 0.3) is 5.56 Å². The van der Waals surface area contributed by atoms with Gasteiger partial charge in [0, 0.05) is 12.7 Å². The molecule has 0 aromatic carbocycles. The van der Waals surface area contributed by atoms with Crippen LogP contribution < -0.4 is 10.9 Å². The Bertz CT molecular complexity index is 330. The number of H-pyrrole nitrogens is 1. The quantitative estimate of drug-likeness (QED) is 0.609. The summed E-state index contributed by atoms with van der Waals surface area (Å²) in [7, 11) is 0. The van der Waals surface area contributed by atoms with Gasteiger partial charge in [-0.25, -0.2) is 4.98 Å². The summed E-state index contributed by atoms with van der Waals surface area (Å²) in [6.45, 7) is 2.02. The van der Waals surface area contributed by atoms with Crippen LogP contribution in [0.2, 0.25) is 0 Å². The summed E-state index contributed by atoms with van der Waals surface area (Å²) in [6, 6.07) is -0.0220. The summed E-state index contributed by atoms with van der Waals surface area (Å²) in [5, 5.41) is 3.19. The first kappa shape index (κ1) is 8.40. The lowest BCUT2D eigenvalue weighted by atomic mass is 10.1. The van der Waals surface area contributed by atoms with Crippen molar-refractivity contribution >= 4 is 0 Å². The van der Waals surface area contributed by atoms with Crippen LogP contribution in [0, 0.1) is 0 Å². The number of rotatable bonds is 1. The molecule has 0 aliphatic carbocycles. The van der Waals surface area contributed by atoms with Gasteiger partial charge >= 0.3 is 0 Å². The fourth-order valence-corrected chi connectivity index (χ4v) is 1.37. The molecule has 2 N–H and O–H groups in total. The fraction of sp³-hybridized carbons (Fsp3) is 0.500. The van der Waals surface area contributed by atoms with Gasteiger partial charge in [0.2, 0.25) is 0 Å². The maximum atomic E-state index is 11.3. The van der Waals surface area contributed by atoms with Crippen molar-refractivity contribution in [2.24, 2.45) is 0 Å². The van der Waals surface area contributed by atoms with Gasteiger partial charge in [0.15, 0.2) is 0 Å². The number of ether oxygens (including phenoxy) is 1. The average Bonchev–Trinajstić information content (AvgIpc) is 2.20. The third-order valence-electron chi connectivity index (χ3n) is 2.04. The molecule has 1 aliphatic heterocycles. The van der Waals surface area contributed by atoms with Gasteiger partial charge in [-0.3, -0.25) is 4.79 Å². The topological polar surface area (TPSA) is 67.0 Å². The van der Waals surface area contributed by atoms with E-state index in [1.807, 2.05) is 0 Å². The van der Waals surface area contributed by atoms with Gasteiger partial charge < -0.3 is 15.0 Å². The van der Waals surface area contributed by atoms with Crippen LogP contribution in [0.25, 0.3) is 0 Å². The van der Waals surface area contributed by atoms with Crippen molar-refractivity contribution in [1.82, 2.24) is 15.3 Å². The number of hydrogen-bond acceptors (Lipinski definition) is 4. The summed E-state index contributed by atoms with van der Waals surface area (Å²) in [6.07, 6.45) is 2.96. The second kappa shape index (κ2) is 3.68. The number of aromatic nitrogens is 2. The molecule has 1 aromatic heterocycles. The lowest BCUT2D eigenvalue weighted by Gasteiger charge is -2.22. The zero-order chi connectivity index (χ0) is 9.10. The van der Waals surface area contributed by atoms with E-state index in [4.69, 9.17) is 4.74 Å². The lowest BCUT2D eigenvalue weighted by molar-refractivity contribution is 0.0763. The van der Waals surface area contributed by atoms with Gasteiger partial charge in [-0.05, 0) is 0 Å². The van der Waals surface area contributed by atoms with Crippen LogP contribution >= 0.6 is 0 Å². The molecule has 1 unspecified atom stereocenters. The van der Waals surface area contributed by atoms with E-state index in [9.17, 15) is 4.79 Å². The first-order chi connectivity index (χ1) is 6.38. The lowest BCUT2D eigenvalue weighted by Crippen LogP contribution is -2.37. The maximum Gasteiger partial charge on any atom is 0.255 e. The molecule has 2 rings (SSSR count). The van der Waals surface area contributed by atoms with E-state index in [1.165, 1.54) is 6.33 Å². The molecule has 1 saturated heterocycles. The molecule has 5 heteroatoms. The van der Waals surface area contributed by atoms with Gasteiger partial charge in [-0.15, -0.1) is 0 Å². The molecule has 0 radical (unpaired) electrons. The highest BCUT2D eigenvalue weighted by Crippen LogP contribution is 2.09. The maximum absolute atomic E-state index is 11.3. The third-order valence-corrected chi connectivity index (χ3v) is 2.04. The number of nitrogens with zero attached hydrogens (tertiary/aromatic N) is 1. The van der Waals surface area contributed by atoms with Crippen molar-refractivity contribution in [1.29, 1.82) is 0 Å². The van der Waals surface area contributed by atoms with Gasteiger partial charge in [0.1, 0.15) is 0 Å². The Balaban J connectivity index is 2.24. The van der Waals surface area contributed by atoms with Crippen LogP contribution in [0.5, 0.6) is 0 Å². The van der Waals surface area contributed by atoms with Crippen LogP contribution in [0.15, 0.2) is 17.3 Å². The van der Waals surface area contributed by atoms with Crippen LogP contribution in [-0.4, -0.2) is 29.7 Å². The molecule has 5 nitrogen and oxygen atoms in total. The predicted molar refractivity (Wildman–Crippen MR) is 46.4 cm³/mol. The summed E-state index contributed by atoms with van der Waals surface area (Å²) in [5.74, 6) is 0. The molecule has 0 spiro atoms. The Kier molecular flexibility index (Phi) is 2.37. The molecule has 1 aliphatic rings. The van der Waals surface area contributed by atoms with Crippen molar-refractivity contribution in [2.75, 3.05) is 19.8 Å². The van der Waals surface area contributed by atoms with E-state index < -0.39 is 0 Å². The van der Waals surface area contributed by atoms with E-state index in [-0.39, 0.29) is 11.6 Å². The molecule has 1 fully saturated rings. The fourth-order valence-electron chi connectivity index (χ4n) is 1.37. The molecule has 1 aromatic rings. The Morgan fingerprint density at radius 1 is 1.62 bits per heavy atom. The molecule has 13 heavy (non-hydrogen) atoms. The van der Waals surface area contributed by atoms with Crippen LogP contribution in [0.3, 0.4) is 0 Å². The number of nitrogens with one attached hydrogen (secondary N) is 2. The van der Waals surface area contributed by atoms with Crippen molar-refractivity contribution in [3.8, 4) is 0 Å². The standard InChI is InChI=1S/C8H11N3O2/c12-8-6(3-9-5-11-8)7-4-13-2-1-10-7/h3,5,7,10H,1-2,4H2,(H,9,11,12). The smallest absolute Gasteiger partial charge is 0.255 e. The molecular weight excluding hydrogens is 170 g/mol. The number of aromatic amines is 1. The molecular formula is C8H11N3O2. The zero-order valence-electron chi connectivity index (χ0n) is 7.12. The molecule has 2 heterocycles. The zero-order valence-corrected chi connectivity index (χ0v) is 7.12. The third kappa shape index (κ3) is 1.76. The molecule has 0 saturated carbocycles. The Labute approximate surface area is 75.1 Å². The van der Waals surface area contributed by atoms with Crippen LogP contribution in [0.4, 0.5) is 0 Å². The highest BCUT2D eigenvalue weighted by molar-refractivity contribution is 5.10. The number of morpholine rings is 1. The monoisotopic (exact) mass is 181 g/mol. The minimum absolute atomic E-state index is 0.0220. The van der Waals surface area contributed by atoms with Crippen molar-refractivity contribution < 1.29 is 4.74 Å². The summed E-state index contributed by atoms with van der Waals surface area (Å²) in [4.78, 5) is 17.7. The predicted octanol–water partition coefficient (Wildman–Crippen LogP) is -0.569. The highest BCUT2D eigenvalue weighted by Gasteiger charge is 2.17. The Morgan fingerprint density at radius 3 is 3.23 bits per heavy atom. The van der Waals surface area contributed by atoms with E-state index in [0.29, 0.717) is 18.8 Å². The summed E-state index contributed by atoms with van der Waals surface area (Å²) >= 11 is 0. The van der Waals surface area contributed by atoms with Crippen molar-refractivity contribution in [3.05, 3.63) is 28.4 Å². The van der Waals surface area contributed by atoms with E-state index in [2.05, 4.69) is 15.3 Å². The molecule has 0 amide bonds. The van der Waals surface area contributed by atoms with E-state index in [1.54, 1.807) is 6.20 Å². The second-order valence-electron chi connectivity index (χ2n) is 2.92. The van der Waals surface area contributed by atoms with E-state index in [0.717, 1.165) is 6.54 Å². The Hall–Kier alpha value is -1.20. The minimum Gasteiger partial charge on any atom is -0.378 e. The summed E-state index contributed by atoms with van der Waals surface area (Å²) in [5.41, 5.74) is 0.542. The second-order valence-corrected chi connectivity index (χ2v) is 2.92. The normalized spacial score (nSPS) is 22.9. The summed E-state index contributed by atoms with van der Waals surface area (Å²) < 4.78 is 5.25. The van der Waals surface area contributed by atoms with Crippen molar-refractivity contribution in [2.45, 2.75) is 6.04 Å². The average molecular weight is 181 g/mol. The SMILES string of the molecule is O=c1[nH]cncc1C1COCCN1. The van der Waals surface area contributed by atoms with Crippen LogP contribution in [0.1, 0.15) is 11.6 Å². The molecule has 70 valence electrons. The largest absolute Gasteiger partial charge is 0.378 e. The minimum atomic E-state index is -0.0991. The van der Waals surface area contributed by atoms with Gasteiger partial charge in [-0.1, -0.05) is 0 Å². The number of hydrogen-bond donors (Lipinski definition) is 2. The van der Waals surface area contributed by atoms with E-state index >= 15 is 0 Å². The first-order valence-corrected chi connectivity index (χ1v) is 4.21. The molecule has 1 atom stereocenters. The Morgan fingerprint density at radius 2 is 2.54 bits per heavy atom. The highest BCUT2D eigenvalue weighted by atomic mass is 16.5.